The SMILES string of the molecule is CC(=O)Nc1ccc(C(=O)CBr)cc1.CC(=O)Nc1ccc(C(=O)CN(C)Cc2ccc(Cl)cc2Cl)cc1.CNCc1ccc(Cl)cc1Cl. The van der Waals surface area contributed by atoms with Crippen molar-refractivity contribution in [1.29, 1.82) is 0 Å². The van der Waals surface area contributed by atoms with E-state index in [9.17, 15) is 19.2 Å². The van der Waals surface area contributed by atoms with Crippen LogP contribution in [-0.2, 0) is 22.7 Å². The zero-order valence-electron chi connectivity index (χ0n) is 27.4. The highest BCUT2D eigenvalue weighted by atomic mass is 79.9. The fraction of sp³-hybridized carbons (Fsp3) is 0.222. The van der Waals surface area contributed by atoms with E-state index in [0.717, 1.165) is 17.7 Å². The molecule has 0 radical (unpaired) electrons. The number of halogens is 5. The number of amides is 2. The van der Waals surface area contributed by atoms with Crippen molar-refractivity contribution >= 4 is 97.1 Å². The highest BCUT2D eigenvalue weighted by molar-refractivity contribution is 9.09. The Balaban J connectivity index is 0.000000282. The summed E-state index contributed by atoms with van der Waals surface area (Å²) in [5.74, 6) is -0.241. The average Bonchev–Trinajstić information content (AvgIpc) is 3.04. The van der Waals surface area contributed by atoms with Crippen molar-refractivity contribution in [3.8, 4) is 0 Å². The van der Waals surface area contributed by atoms with Gasteiger partial charge in [0.2, 0.25) is 11.8 Å². The lowest BCUT2D eigenvalue weighted by molar-refractivity contribution is -0.115. The summed E-state index contributed by atoms with van der Waals surface area (Å²) in [6.07, 6.45) is 0. The number of Topliss-reactive ketones (excluding diaryl/α,β-unsaturated/α-hetero) is 2. The first-order valence-corrected chi connectivity index (χ1v) is 17.4. The summed E-state index contributed by atoms with van der Waals surface area (Å²) in [4.78, 5) is 47.1. The van der Waals surface area contributed by atoms with Crippen molar-refractivity contribution < 1.29 is 19.2 Å². The lowest BCUT2D eigenvalue weighted by Crippen LogP contribution is -2.25. The molecule has 0 aliphatic rings. The topological polar surface area (TPSA) is 108 Å². The van der Waals surface area contributed by atoms with Gasteiger partial charge >= 0.3 is 0 Å². The van der Waals surface area contributed by atoms with E-state index in [0.29, 0.717) is 54.5 Å². The first-order chi connectivity index (χ1) is 23.2. The Bertz CT molecular complexity index is 1720. The first-order valence-electron chi connectivity index (χ1n) is 14.8. The molecule has 0 unspecified atom stereocenters. The number of alkyl halides is 1. The molecule has 260 valence electrons. The van der Waals surface area contributed by atoms with Crippen molar-refractivity contribution in [2.75, 3.05) is 36.6 Å². The second kappa shape index (κ2) is 21.7. The monoisotopic (exact) mass is 808 g/mol. The van der Waals surface area contributed by atoms with Crippen LogP contribution in [0.1, 0.15) is 45.7 Å². The fourth-order valence-corrected chi connectivity index (χ4v) is 5.42. The zero-order chi connectivity index (χ0) is 36.5. The molecule has 0 aliphatic heterocycles. The second-order valence-corrected chi connectivity index (χ2v) is 12.9. The van der Waals surface area contributed by atoms with E-state index < -0.39 is 0 Å². The van der Waals surface area contributed by atoms with Crippen molar-refractivity contribution in [3.63, 3.8) is 0 Å². The molecular formula is C36H37BrCl4N4O4. The van der Waals surface area contributed by atoms with Crippen LogP contribution in [0.3, 0.4) is 0 Å². The van der Waals surface area contributed by atoms with Crippen LogP contribution in [0.15, 0.2) is 84.9 Å². The maximum atomic E-state index is 12.3. The van der Waals surface area contributed by atoms with Crippen molar-refractivity contribution in [2.45, 2.75) is 26.9 Å². The maximum absolute atomic E-state index is 12.3. The van der Waals surface area contributed by atoms with Crippen molar-refractivity contribution in [3.05, 3.63) is 127 Å². The van der Waals surface area contributed by atoms with Gasteiger partial charge in [-0.2, -0.15) is 0 Å². The summed E-state index contributed by atoms with van der Waals surface area (Å²) in [5.41, 5.74) is 4.58. The van der Waals surface area contributed by atoms with Crippen LogP contribution in [0.2, 0.25) is 20.1 Å². The first kappa shape index (κ1) is 41.9. The lowest BCUT2D eigenvalue weighted by atomic mass is 10.1. The van der Waals surface area contributed by atoms with Crippen LogP contribution in [0.4, 0.5) is 11.4 Å². The van der Waals surface area contributed by atoms with Gasteiger partial charge in [-0.1, -0.05) is 74.5 Å². The van der Waals surface area contributed by atoms with Crippen molar-refractivity contribution in [2.24, 2.45) is 0 Å². The number of rotatable bonds is 11. The van der Waals surface area contributed by atoms with Gasteiger partial charge in [0, 0.05) is 69.5 Å². The number of ketones is 2. The van der Waals surface area contributed by atoms with Gasteiger partial charge in [0.25, 0.3) is 0 Å². The number of nitrogens with one attached hydrogen (secondary N) is 3. The minimum absolute atomic E-state index is 0.00281. The normalized spacial score (nSPS) is 10.2. The van der Waals surface area contributed by atoms with E-state index in [1.807, 2.05) is 37.2 Å². The molecule has 0 bridgehead atoms. The third-order valence-corrected chi connectivity index (χ3v) is 8.11. The molecule has 13 heteroatoms. The summed E-state index contributed by atoms with van der Waals surface area (Å²) in [5, 5.41) is 11.2. The van der Waals surface area contributed by atoms with Gasteiger partial charge in [-0.3, -0.25) is 24.1 Å². The Labute approximate surface area is 315 Å². The van der Waals surface area contributed by atoms with E-state index in [1.165, 1.54) is 13.8 Å². The standard InChI is InChI=1S/C18H18Cl2N2O2.C10H10BrNO2.C8H9Cl2N/c1-12(23)21-16-7-4-13(5-8-16)18(24)11-22(2)10-14-3-6-15(19)9-17(14)20;1-7(13)12-9-4-2-8(3-5-9)10(14)6-11;1-11-5-6-2-3-7(9)4-8(6)10/h3-9H,10-11H2,1-2H3,(H,21,23);2-5H,6H2,1H3,(H,12,13);2-4,11H,5H2,1H3. The summed E-state index contributed by atoms with van der Waals surface area (Å²) in [7, 11) is 3.74. The molecule has 4 aromatic rings. The number of carbonyl (C=O) groups excluding carboxylic acids is 4. The Hall–Kier alpha value is -3.28. The molecule has 0 atom stereocenters. The molecule has 0 saturated heterocycles. The molecule has 0 fully saturated rings. The Morgan fingerprint density at radius 1 is 0.653 bits per heavy atom. The number of benzene rings is 4. The van der Waals surface area contributed by atoms with Gasteiger partial charge in [-0.05, 0) is 98.0 Å². The summed E-state index contributed by atoms with van der Waals surface area (Å²) in [6.45, 7) is 4.47. The molecule has 0 spiro atoms. The predicted molar refractivity (Wildman–Crippen MR) is 206 cm³/mol. The third-order valence-electron chi connectivity index (χ3n) is 6.43. The molecular weight excluding hydrogens is 774 g/mol. The summed E-state index contributed by atoms with van der Waals surface area (Å²) < 4.78 is 0. The molecule has 0 saturated carbocycles. The number of nitrogens with zero attached hydrogens (tertiary/aromatic N) is 1. The molecule has 8 nitrogen and oxygen atoms in total. The van der Waals surface area contributed by atoms with E-state index in [-0.39, 0.29) is 29.9 Å². The van der Waals surface area contributed by atoms with E-state index in [4.69, 9.17) is 46.4 Å². The van der Waals surface area contributed by atoms with Crippen LogP contribution in [0, 0.1) is 0 Å². The summed E-state index contributed by atoms with van der Waals surface area (Å²) >= 11 is 26.7. The predicted octanol–water partition coefficient (Wildman–Crippen LogP) is 9.20. The molecule has 49 heavy (non-hydrogen) atoms. The second-order valence-electron chi connectivity index (χ2n) is 10.7. The van der Waals surface area contributed by atoms with Crippen LogP contribution < -0.4 is 16.0 Å². The molecule has 4 rings (SSSR count). The van der Waals surface area contributed by atoms with E-state index >= 15 is 0 Å². The van der Waals surface area contributed by atoms with Crippen LogP contribution in [0.5, 0.6) is 0 Å². The van der Waals surface area contributed by atoms with Gasteiger partial charge in [0.05, 0.1) is 11.9 Å². The molecule has 3 N–H and O–H groups in total. The maximum Gasteiger partial charge on any atom is 0.221 e. The minimum atomic E-state index is -0.145. The number of hydrogen-bond acceptors (Lipinski definition) is 6. The van der Waals surface area contributed by atoms with Crippen LogP contribution in [-0.4, -0.2) is 54.3 Å². The third kappa shape index (κ3) is 15.9. The number of anilines is 2. The van der Waals surface area contributed by atoms with Gasteiger partial charge in [0.15, 0.2) is 11.6 Å². The van der Waals surface area contributed by atoms with Crippen molar-refractivity contribution in [1.82, 2.24) is 10.2 Å². The molecule has 0 aliphatic carbocycles. The molecule has 0 heterocycles. The minimum Gasteiger partial charge on any atom is -0.326 e. The number of likely N-dealkylation sites (N-methyl/N-ethyl adjacent to an activating group) is 1. The van der Waals surface area contributed by atoms with Crippen LogP contribution >= 0.6 is 62.3 Å². The van der Waals surface area contributed by atoms with Gasteiger partial charge in [0.1, 0.15) is 0 Å². The molecule has 0 aromatic heterocycles. The summed E-state index contributed by atoms with van der Waals surface area (Å²) in [6, 6.07) is 24.4. The van der Waals surface area contributed by atoms with E-state index in [2.05, 4.69) is 31.9 Å². The number of carbonyl (C=O) groups is 4. The number of hydrogen-bond donors (Lipinski definition) is 3. The van der Waals surface area contributed by atoms with Gasteiger partial charge in [-0.25, -0.2) is 0 Å². The Morgan fingerprint density at radius 3 is 1.47 bits per heavy atom. The largest absolute Gasteiger partial charge is 0.326 e. The highest BCUT2D eigenvalue weighted by Crippen LogP contribution is 2.22. The van der Waals surface area contributed by atoms with E-state index in [1.54, 1.807) is 66.7 Å². The average molecular weight is 811 g/mol. The smallest absolute Gasteiger partial charge is 0.221 e. The van der Waals surface area contributed by atoms with Crippen LogP contribution in [0.25, 0.3) is 0 Å². The Morgan fingerprint density at radius 2 is 1.08 bits per heavy atom. The highest BCUT2D eigenvalue weighted by Gasteiger charge is 2.12. The molecule has 4 aromatic carbocycles. The van der Waals surface area contributed by atoms with Gasteiger partial charge < -0.3 is 16.0 Å². The lowest BCUT2D eigenvalue weighted by Gasteiger charge is -2.17. The Kier molecular flexibility index (Phi) is 18.6. The quantitative estimate of drug-likeness (QED) is 0.103. The fourth-order valence-electron chi connectivity index (χ4n) is 4.15. The van der Waals surface area contributed by atoms with Gasteiger partial charge in [-0.15, -0.1) is 0 Å². The molecule has 2 amide bonds. The zero-order valence-corrected chi connectivity index (χ0v) is 32.0.